The van der Waals surface area contributed by atoms with E-state index in [0.717, 1.165) is 18.7 Å². The summed E-state index contributed by atoms with van der Waals surface area (Å²) in [4.78, 5) is 13.5. The van der Waals surface area contributed by atoms with Gasteiger partial charge in [0.25, 0.3) is 0 Å². The van der Waals surface area contributed by atoms with Crippen LogP contribution in [0, 0.1) is 0 Å². The highest BCUT2D eigenvalue weighted by Crippen LogP contribution is 2.24. The maximum atomic E-state index is 11.7. The van der Waals surface area contributed by atoms with E-state index >= 15 is 0 Å². The number of amides is 2. The highest BCUT2D eigenvalue weighted by molar-refractivity contribution is 5.77. The van der Waals surface area contributed by atoms with Gasteiger partial charge in [-0.1, -0.05) is 54.6 Å². The van der Waals surface area contributed by atoms with Crippen molar-refractivity contribution in [2.24, 2.45) is 0 Å². The Labute approximate surface area is 119 Å². The van der Waals surface area contributed by atoms with Gasteiger partial charge < -0.3 is 10.2 Å². The molecule has 1 heterocycles. The third kappa shape index (κ3) is 2.39. The molecule has 0 saturated carbocycles. The molecule has 3 heteroatoms. The van der Waals surface area contributed by atoms with Crippen LogP contribution in [-0.4, -0.2) is 24.0 Å². The van der Waals surface area contributed by atoms with Crippen LogP contribution in [0.4, 0.5) is 4.79 Å². The zero-order chi connectivity index (χ0) is 13.9. The Bertz CT molecular complexity index is 592. The van der Waals surface area contributed by atoms with E-state index in [0.29, 0.717) is 0 Å². The quantitative estimate of drug-likeness (QED) is 0.906. The van der Waals surface area contributed by atoms with Gasteiger partial charge in [0.15, 0.2) is 0 Å². The summed E-state index contributed by atoms with van der Waals surface area (Å²) < 4.78 is 0. The molecule has 1 unspecified atom stereocenters. The molecular formula is C17H18N2O. The van der Waals surface area contributed by atoms with Gasteiger partial charge in [-0.25, -0.2) is 4.79 Å². The third-order valence-corrected chi connectivity index (χ3v) is 3.79. The molecule has 1 saturated heterocycles. The zero-order valence-electron chi connectivity index (χ0n) is 11.5. The Balaban J connectivity index is 1.79. The molecule has 2 amide bonds. The second kappa shape index (κ2) is 5.37. The summed E-state index contributed by atoms with van der Waals surface area (Å²) in [5, 5.41) is 3.02. The predicted octanol–water partition coefficient (Wildman–Crippen LogP) is 3.44. The molecule has 1 aliphatic heterocycles. The molecule has 2 aromatic carbocycles. The van der Waals surface area contributed by atoms with Gasteiger partial charge in [0.2, 0.25) is 0 Å². The SMILES string of the molecule is CCN1CC(c2ccc(-c3ccccc3)cc2)NC1=O. The number of likely N-dealkylation sites (N-methyl/N-ethyl adjacent to an activating group) is 1. The van der Waals surface area contributed by atoms with Crippen LogP contribution in [0.25, 0.3) is 11.1 Å². The Morgan fingerprint density at radius 1 is 1.05 bits per heavy atom. The number of hydrogen-bond acceptors (Lipinski definition) is 1. The van der Waals surface area contributed by atoms with Crippen molar-refractivity contribution in [1.29, 1.82) is 0 Å². The minimum Gasteiger partial charge on any atom is -0.329 e. The number of urea groups is 1. The fourth-order valence-electron chi connectivity index (χ4n) is 2.59. The minimum absolute atomic E-state index is 0.0321. The molecule has 102 valence electrons. The fourth-order valence-corrected chi connectivity index (χ4v) is 2.59. The molecule has 3 rings (SSSR count). The summed E-state index contributed by atoms with van der Waals surface area (Å²) >= 11 is 0. The van der Waals surface area contributed by atoms with Crippen LogP contribution in [0.2, 0.25) is 0 Å². The fraction of sp³-hybridized carbons (Fsp3) is 0.235. The van der Waals surface area contributed by atoms with E-state index in [4.69, 9.17) is 0 Å². The van der Waals surface area contributed by atoms with Gasteiger partial charge in [-0.3, -0.25) is 0 Å². The molecule has 0 bridgehead atoms. The van der Waals surface area contributed by atoms with Crippen molar-refractivity contribution in [1.82, 2.24) is 10.2 Å². The molecule has 3 nitrogen and oxygen atoms in total. The maximum Gasteiger partial charge on any atom is 0.318 e. The number of carbonyl (C=O) groups is 1. The summed E-state index contributed by atoms with van der Waals surface area (Å²) in [6, 6.07) is 18.9. The van der Waals surface area contributed by atoms with E-state index < -0.39 is 0 Å². The molecule has 20 heavy (non-hydrogen) atoms. The molecule has 0 aromatic heterocycles. The van der Waals surface area contributed by atoms with E-state index in [2.05, 4.69) is 41.7 Å². The van der Waals surface area contributed by atoms with Crippen LogP contribution < -0.4 is 5.32 Å². The average molecular weight is 266 g/mol. The molecular weight excluding hydrogens is 248 g/mol. The standard InChI is InChI=1S/C17H18N2O/c1-2-19-12-16(18-17(19)20)15-10-8-14(9-11-15)13-6-4-3-5-7-13/h3-11,16H,2,12H2,1H3,(H,18,20). The first-order valence-corrected chi connectivity index (χ1v) is 6.98. The molecule has 1 atom stereocenters. The van der Waals surface area contributed by atoms with Crippen molar-refractivity contribution in [3.63, 3.8) is 0 Å². The van der Waals surface area contributed by atoms with Gasteiger partial charge in [-0.05, 0) is 23.6 Å². The average Bonchev–Trinajstić information content (AvgIpc) is 2.89. The lowest BCUT2D eigenvalue weighted by atomic mass is 10.0. The predicted molar refractivity (Wildman–Crippen MR) is 80.4 cm³/mol. The second-order valence-corrected chi connectivity index (χ2v) is 5.03. The number of benzene rings is 2. The van der Waals surface area contributed by atoms with E-state index in [-0.39, 0.29) is 12.1 Å². The summed E-state index contributed by atoms with van der Waals surface area (Å²) in [7, 11) is 0. The van der Waals surface area contributed by atoms with Gasteiger partial charge in [0.1, 0.15) is 0 Å². The van der Waals surface area contributed by atoms with E-state index in [1.807, 2.05) is 30.0 Å². The summed E-state index contributed by atoms with van der Waals surface area (Å²) in [6.07, 6.45) is 0. The van der Waals surface area contributed by atoms with Crippen LogP contribution in [0.1, 0.15) is 18.5 Å². The van der Waals surface area contributed by atoms with Gasteiger partial charge in [0, 0.05) is 13.1 Å². The Morgan fingerprint density at radius 2 is 1.70 bits per heavy atom. The highest BCUT2D eigenvalue weighted by atomic mass is 16.2. The number of nitrogens with one attached hydrogen (secondary N) is 1. The smallest absolute Gasteiger partial charge is 0.318 e. The van der Waals surface area contributed by atoms with Crippen LogP contribution in [0.15, 0.2) is 54.6 Å². The van der Waals surface area contributed by atoms with E-state index in [1.54, 1.807) is 0 Å². The van der Waals surface area contributed by atoms with Crippen LogP contribution in [0.3, 0.4) is 0 Å². The van der Waals surface area contributed by atoms with Crippen molar-refractivity contribution < 1.29 is 4.79 Å². The van der Waals surface area contributed by atoms with E-state index in [9.17, 15) is 4.79 Å². The van der Waals surface area contributed by atoms with Crippen LogP contribution >= 0.6 is 0 Å². The summed E-state index contributed by atoms with van der Waals surface area (Å²) in [5.74, 6) is 0. The number of rotatable bonds is 3. The normalized spacial score (nSPS) is 18.1. The molecule has 0 aliphatic carbocycles. The summed E-state index contributed by atoms with van der Waals surface area (Å²) in [5.41, 5.74) is 3.57. The monoisotopic (exact) mass is 266 g/mol. The molecule has 1 fully saturated rings. The number of hydrogen-bond donors (Lipinski definition) is 1. The van der Waals surface area contributed by atoms with E-state index in [1.165, 1.54) is 11.1 Å². The minimum atomic E-state index is 0.0321. The molecule has 0 radical (unpaired) electrons. The molecule has 2 aromatic rings. The number of nitrogens with zero attached hydrogens (tertiary/aromatic N) is 1. The first kappa shape index (κ1) is 12.7. The second-order valence-electron chi connectivity index (χ2n) is 5.03. The van der Waals surface area contributed by atoms with Gasteiger partial charge in [-0.15, -0.1) is 0 Å². The summed E-state index contributed by atoms with van der Waals surface area (Å²) in [6.45, 7) is 3.50. The molecule has 1 aliphatic rings. The van der Waals surface area contributed by atoms with Crippen molar-refractivity contribution >= 4 is 6.03 Å². The highest BCUT2D eigenvalue weighted by Gasteiger charge is 2.28. The first-order valence-electron chi connectivity index (χ1n) is 6.98. The maximum absolute atomic E-state index is 11.7. The lowest BCUT2D eigenvalue weighted by molar-refractivity contribution is 0.219. The van der Waals surface area contributed by atoms with Gasteiger partial charge >= 0.3 is 6.03 Å². The van der Waals surface area contributed by atoms with Gasteiger partial charge in [0.05, 0.1) is 6.04 Å². The van der Waals surface area contributed by atoms with Crippen molar-refractivity contribution in [2.45, 2.75) is 13.0 Å². The van der Waals surface area contributed by atoms with Crippen molar-refractivity contribution in [2.75, 3.05) is 13.1 Å². The van der Waals surface area contributed by atoms with Gasteiger partial charge in [-0.2, -0.15) is 0 Å². The first-order chi connectivity index (χ1) is 9.78. The van der Waals surface area contributed by atoms with Crippen LogP contribution in [-0.2, 0) is 0 Å². The lowest BCUT2D eigenvalue weighted by Gasteiger charge is -2.12. The van der Waals surface area contributed by atoms with Crippen molar-refractivity contribution in [3.8, 4) is 11.1 Å². The van der Waals surface area contributed by atoms with Crippen LogP contribution in [0.5, 0.6) is 0 Å². The molecule has 0 spiro atoms. The topological polar surface area (TPSA) is 32.3 Å². The largest absolute Gasteiger partial charge is 0.329 e. The zero-order valence-corrected chi connectivity index (χ0v) is 11.5. The Kier molecular flexibility index (Phi) is 3.42. The lowest BCUT2D eigenvalue weighted by Crippen LogP contribution is -2.27. The third-order valence-electron chi connectivity index (χ3n) is 3.79. The Morgan fingerprint density at radius 3 is 2.30 bits per heavy atom. The Hall–Kier alpha value is -2.29. The molecule has 1 N–H and O–H groups in total. The van der Waals surface area contributed by atoms with Crippen molar-refractivity contribution in [3.05, 3.63) is 60.2 Å². The number of carbonyl (C=O) groups excluding carboxylic acids is 1.